The van der Waals surface area contributed by atoms with Crippen molar-refractivity contribution in [3.05, 3.63) is 106 Å². The average molecular weight is 554 g/mol. The van der Waals surface area contributed by atoms with Crippen molar-refractivity contribution in [2.24, 2.45) is 0 Å². The molecule has 0 saturated carbocycles. The Morgan fingerprint density at radius 1 is 1.00 bits per heavy atom. The molecule has 0 bridgehead atoms. The molecule has 198 valence electrons. The summed E-state index contributed by atoms with van der Waals surface area (Å²) in [6.07, 6.45) is 1.07. The lowest BCUT2D eigenvalue weighted by Crippen LogP contribution is -2.26. The van der Waals surface area contributed by atoms with Gasteiger partial charge >= 0.3 is 0 Å². The fourth-order valence-corrected chi connectivity index (χ4v) is 6.40. The Bertz CT molecular complexity index is 1670. The van der Waals surface area contributed by atoms with Gasteiger partial charge in [-0.1, -0.05) is 86.3 Å². The summed E-state index contributed by atoms with van der Waals surface area (Å²) in [6, 6.07) is 25.7. The molecule has 0 aliphatic heterocycles. The summed E-state index contributed by atoms with van der Waals surface area (Å²) >= 11 is 2.74. The Hall–Kier alpha value is -3.68. The molecule has 5 aromatic rings. The van der Waals surface area contributed by atoms with Gasteiger partial charge in [-0.15, -0.1) is 11.3 Å². The van der Waals surface area contributed by atoms with Crippen LogP contribution in [-0.4, -0.2) is 20.7 Å². The highest BCUT2D eigenvalue weighted by atomic mass is 32.2. The van der Waals surface area contributed by atoms with Gasteiger partial charge in [-0.3, -0.25) is 14.2 Å². The highest BCUT2D eigenvalue weighted by Crippen LogP contribution is 2.34. The van der Waals surface area contributed by atoms with Crippen molar-refractivity contribution in [1.29, 1.82) is 0 Å². The molecule has 0 saturated heterocycles. The smallest absolute Gasteiger partial charge is 0.268 e. The van der Waals surface area contributed by atoms with Gasteiger partial charge in [0.1, 0.15) is 4.83 Å². The number of rotatable bonds is 8. The normalized spacial score (nSPS) is 12.8. The van der Waals surface area contributed by atoms with Gasteiger partial charge < -0.3 is 5.32 Å². The third-order valence-electron chi connectivity index (χ3n) is 7.03. The molecule has 39 heavy (non-hydrogen) atoms. The van der Waals surface area contributed by atoms with Gasteiger partial charge in [0.05, 0.1) is 16.3 Å². The van der Waals surface area contributed by atoms with Gasteiger partial charge in [0.25, 0.3) is 5.56 Å². The number of fused-ring (bicyclic) bond motifs is 1. The van der Waals surface area contributed by atoms with Crippen LogP contribution < -0.4 is 10.9 Å². The molecule has 1 amide bonds. The summed E-state index contributed by atoms with van der Waals surface area (Å²) in [7, 11) is 0. The van der Waals surface area contributed by atoms with E-state index in [-0.39, 0.29) is 11.5 Å². The van der Waals surface area contributed by atoms with E-state index >= 15 is 0 Å². The molecule has 2 aromatic heterocycles. The lowest BCUT2D eigenvalue weighted by Gasteiger charge is -2.17. The first-order valence-electron chi connectivity index (χ1n) is 13.1. The lowest BCUT2D eigenvalue weighted by atomic mass is 9.99. The first-order valence-corrected chi connectivity index (χ1v) is 14.9. The molecule has 0 aliphatic rings. The maximum Gasteiger partial charge on any atom is 0.268 e. The number of hydrogen-bond donors (Lipinski definition) is 1. The highest BCUT2D eigenvalue weighted by Gasteiger charge is 2.23. The minimum atomic E-state index is -0.479. The highest BCUT2D eigenvalue weighted by molar-refractivity contribution is 8.00. The molecule has 3 aromatic carbocycles. The second-order valence-corrected chi connectivity index (χ2v) is 11.9. The monoisotopic (exact) mass is 553 g/mol. The van der Waals surface area contributed by atoms with Gasteiger partial charge in [0.2, 0.25) is 5.91 Å². The van der Waals surface area contributed by atoms with Crippen molar-refractivity contribution in [2.75, 3.05) is 5.32 Å². The Balaban J connectivity index is 1.51. The third-order valence-corrected chi connectivity index (χ3v) is 8.95. The topological polar surface area (TPSA) is 64.0 Å². The van der Waals surface area contributed by atoms with Crippen LogP contribution in [0.5, 0.6) is 0 Å². The first kappa shape index (κ1) is 26.9. The average Bonchev–Trinajstić information content (AvgIpc) is 3.38. The van der Waals surface area contributed by atoms with Crippen molar-refractivity contribution in [3.63, 3.8) is 0 Å². The van der Waals surface area contributed by atoms with Gasteiger partial charge in [-0.2, -0.15) is 0 Å². The number of aryl methyl sites for hydroxylation is 1. The molecule has 0 aliphatic carbocycles. The largest absolute Gasteiger partial charge is 0.325 e. The molecule has 0 unspecified atom stereocenters. The summed E-state index contributed by atoms with van der Waals surface area (Å²) in [5.41, 5.74) is 5.44. The van der Waals surface area contributed by atoms with Crippen molar-refractivity contribution in [2.45, 2.75) is 50.4 Å². The van der Waals surface area contributed by atoms with Crippen molar-refractivity contribution < 1.29 is 4.79 Å². The van der Waals surface area contributed by atoms with E-state index in [4.69, 9.17) is 4.98 Å². The number of hydrogen-bond acceptors (Lipinski definition) is 5. The van der Waals surface area contributed by atoms with Crippen LogP contribution in [0.25, 0.3) is 27.0 Å². The molecule has 7 heteroatoms. The zero-order valence-electron chi connectivity index (χ0n) is 22.5. The third kappa shape index (κ3) is 5.56. The van der Waals surface area contributed by atoms with Crippen LogP contribution in [0.15, 0.2) is 94.2 Å². The number of carbonyl (C=O) groups is 1. The van der Waals surface area contributed by atoms with Crippen LogP contribution in [0.2, 0.25) is 0 Å². The Morgan fingerprint density at radius 3 is 2.38 bits per heavy atom. The number of thiophene rings is 1. The second kappa shape index (κ2) is 11.6. The van der Waals surface area contributed by atoms with Gasteiger partial charge in [-0.05, 0) is 61.1 Å². The summed E-state index contributed by atoms with van der Waals surface area (Å²) in [4.78, 5) is 32.9. The summed E-state index contributed by atoms with van der Waals surface area (Å²) < 4.78 is 1.66. The van der Waals surface area contributed by atoms with Crippen molar-refractivity contribution >= 4 is 44.9 Å². The van der Waals surface area contributed by atoms with Crippen LogP contribution in [0.4, 0.5) is 5.69 Å². The first-order chi connectivity index (χ1) is 18.9. The number of thioether (sulfide) groups is 1. The minimum absolute atomic E-state index is 0.134. The van der Waals surface area contributed by atoms with Crippen LogP contribution in [0.3, 0.4) is 0 Å². The number of nitrogens with zero attached hydrogens (tertiary/aromatic N) is 2. The van der Waals surface area contributed by atoms with Crippen molar-refractivity contribution in [3.8, 4) is 16.8 Å². The molecule has 1 N–H and O–H groups in total. The predicted octanol–water partition coefficient (Wildman–Crippen LogP) is 8.06. The number of aromatic nitrogens is 2. The molecular weight excluding hydrogens is 523 g/mol. The Morgan fingerprint density at radius 2 is 1.69 bits per heavy atom. The van der Waals surface area contributed by atoms with Crippen LogP contribution in [0, 0.1) is 6.92 Å². The van der Waals surface area contributed by atoms with Crippen LogP contribution in [0.1, 0.15) is 44.2 Å². The summed E-state index contributed by atoms with van der Waals surface area (Å²) in [6.45, 7) is 8.18. The predicted molar refractivity (Wildman–Crippen MR) is 164 cm³/mol. The zero-order chi connectivity index (χ0) is 27.5. The van der Waals surface area contributed by atoms with Crippen molar-refractivity contribution in [1.82, 2.24) is 9.55 Å². The van der Waals surface area contributed by atoms with E-state index in [1.54, 1.807) is 4.57 Å². The van der Waals surface area contributed by atoms with Gasteiger partial charge in [0.15, 0.2) is 5.16 Å². The molecule has 2 heterocycles. The number of carbonyl (C=O) groups excluding carboxylic acids is 1. The molecule has 5 rings (SSSR count). The van der Waals surface area contributed by atoms with E-state index < -0.39 is 5.25 Å². The maximum atomic E-state index is 14.1. The number of para-hydroxylation sites is 1. The number of amides is 1. The Kier molecular flexibility index (Phi) is 8.00. The molecule has 0 spiro atoms. The molecule has 0 fully saturated rings. The van der Waals surface area contributed by atoms with Crippen LogP contribution >= 0.6 is 23.1 Å². The molecular formula is C32H31N3O2S2. The second-order valence-electron chi connectivity index (χ2n) is 9.70. The summed E-state index contributed by atoms with van der Waals surface area (Å²) in [5, 5.41) is 5.63. The van der Waals surface area contributed by atoms with E-state index in [9.17, 15) is 9.59 Å². The SMILES string of the molecule is CC[C@@H](C)c1ccc(NC(=O)[C@H](C)Sc2nc3scc(-c4ccccc4)c3c(=O)n2-c2ccccc2C)cc1. The standard InChI is InChI=1S/C32H31N3O2S2/c1-5-20(2)23-15-17-25(18-16-23)33-29(36)22(4)39-32-34-30-28(26(19-38-30)24-12-7-6-8-13-24)31(37)35(32)27-14-10-9-11-21(27)3/h6-20,22H,5H2,1-4H3,(H,33,36)/t20-,22+/m1/s1. The van der Waals surface area contributed by atoms with Gasteiger partial charge in [-0.25, -0.2) is 4.98 Å². The lowest BCUT2D eigenvalue weighted by molar-refractivity contribution is -0.115. The van der Waals surface area contributed by atoms with Crippen LogP contribution in [-0.2, 0) is 4.79 Å². The summed E-state index contributed by atoms with van der Waals surface area (Å²) in [5.74, 6) is 0.334. The fourth-order valence-electron chi connectivity index (χ4n) is 4.49. The number of anilines is 1. The van der Waals surface area contributed by atoms with E-state index in [0.717, 1.165) is 34.5 Å². The quantitative estimate of drug-likeness (QED) is 0.156. The Labute approximate surface area is 236 Å². The van der Waals surface area contributed by atoms with E-state index in [1.807, 2.05) is 86.0 Å². The van der Waals surface area contributed by atoms with E-state index in [1.165, 1.54) is 28.7 Å². The maximum absolute atomic E-state index is 14.1. The number of nitrogens with one attached hydrogen (secondary N) is 1. The van der Waals surface area contributed by atoms with E-state index in [2.05, 4.69) is 31.3 Å². The molecule has 2 atom stereocenters. The van der Waals surface area contributed by atoms with Gasteiger partial charge in [0, 0.05) is 16.6 Å². The molecule has 5 nitrogen and oxygen atoms in total. The van der Waals surface area contributed by atoms with E-state index in [0.29, 0.717) is 21.3 Å². The minimum Gasteiger partial charge on any atom is -0.325 e. The molecule has 0 radical (unpaired) electrons. The zero-order valence-corrected chi connectivity index (χ0v) is 24.1. The fraction of sp³-hybridized carbons (Fsp3) is 0.219. The number of benzene rings is 3.